The lowest BCUT2D eigenvalue weighted by molar-refractivity contribution is -0.122. The van der Waals surface area contributed by atoms with Gasteiger partial charge in [0, 0.05) is 16.3 Å². The van der Waals surface area contributed by atoms with E-state index in [4.69, 9.17) is 4.74 Å². The smallest absolute Gasteiger partial charge is 0.343 e. The Labute approximate surface area is 221 Å². The number of benzene rings is 4. The fraction of sp³-hybridized carbons (Fsp3) is 0.129. The summed E-state index contributed by atoms with van der Waals surface area (Å²) >= 11 is 3.36. The number of esters is 1. The highest BCUT2D eigenvalue weighted by Crippen LogP contribution is 2.61. The first-order valence-electron chi connectivity index (χ1n) is 12.2. The van der Waals surface area contributed by atoms with E-state index >= 15 is 0 Å². The van der Waals surface area contributed by atoms with E-state index in [1.54, 1.807) is 48.5 Å². The quantitative estimate of drug-likeness (QED) is 0.177. The highest BCUT2D eigenvalue weighted by atomic mass is 79.9. The van der Waals surface area contributed by atoms with Crippen molar-refractivity contribution in [2.45, 2.75) is 11.8 Å². The van der Waals surface area contributed by atoms with E-state index in [9.17, 15) is 14.4 Å². The van der Waals surface area contributed by atoms with Gasteiger partial charge in [-0.25, -0.2) is 9.69 Å². The van der Waals surface area contributed by atoms with Crippen molar-refractivity contribution in [2.75, 3.05) is 4.90 Å². The van der Waals surface area contributed by atoms with Crippen LogP contribution in [0.25, 0.3) is 0 Å². The van der Waals surface area contributed by atoms with Crippen molar-refractivity contribution in [3.63, 3.8) is 0 Å². The Morgan fingerprint density at radius 1 is 0.649 bits per heavy atom. The Morgan fingerprint density at radius 3 is 1.62 bits per heavy atom. The van der Waals surface area contributed by atoms with Crippen LogP contribution in [0.2, 0.25) is 0 Å². The SMILES string of the molecule is O=C(Oc1ccccc1N1C(=O)[C@@H]2C3c4ccccc4C(c4ccccc43)[C@H]2C1=O)c1ccc(Br)cc1. The first-order chi connectivity index (χ1) is 18.0. The zero-order valence-electron chi connectivity index (χ0n) is 19.5. The number of carbonyl (C=O) groups is 3. The Hall–Kier alpha value is -4.03. The predicted octanol–water partition coefficient (Wildman–Crippen LogP) is 6.06. The van der Waals surface area contributed by atoms with E-state index in [1.807, 2.05) is 24.3 Å². The Kier molecular flexibility index (Phi) is 4.95. The van der Waals surface area contributed by atoms with Crippen LogP contribution in [0, 0.1) is 11.8 Å². The molecular formula is C31H20BrNO4. The minimum absolute atomic E-state index is 0.179. The maximum absolute atomic E-state index is 14.1. The summed E-state index contributed by atoms with van der Waals surface area (Å²) in [6.45, 7) is 0. The average molecular weight is 550 g/mol. The summed E-state index contributed by atoms with van der Waals surface area (Å²) in [5, 5.41) is 0. The standard InChI is InChI=1S/C31H20BrNO4/c32-18-15-13-17(14-16-18)31(36)37-24-12-6-5-11-23(24)33-29(34)27-25-19-7-1-2-8-20(19)26(28(27)30(33)35)22-10-4-3-9-21(22)25/h1-16,25-28H/t25?,26?,27-,28-/m1/s1. The summed E-state index contributed by atoms with van der Waals surface area (Å²) < 4.78 is 6.57. The zero-order chi connectivity index (χ0) is 25.3. The fourth-order valence-electron chi connectivity index (χ4n) is 6.39. The molecule has 0 aromatic heterocycles. The minimum atomic E-state index is -0.559. The molecule has 0 spiro atoms. The molecule has 5 nitrogen and oxygen atoms in total. The van der Waals surface area contributed by atoms with Crippen LogP contribution in [-0.2, 0) is 9.59 Å². The first-order valence-corrected chi connectivity index (χ1v) is 13.0. The number of hydrogen-bond acceptors (Lipinski definition) is 4. The summed E-state index contributed by atoms with van der Waals surface area (Å²) in [4.78, 5) is 42.3. The number of imide groups is 1. The summed E-state index contributed by atoms with van der Waals surface area (Å²) in [6, 6.07) is 29.9. The van der Waals surface area contributed by atoms with Gasteiger partial charge in [-0.2, -0.15) is 0 Å². The molecule has 3 aliphatic carbocycles. The second-order valence-corrected chi connectivity index (χ2v) is 10.6. The lowest BCUT2D eigenvalue weighted by Gasteiger charge is -2.45. The van der Waals surface area contributed by atoms with Gasteiger partial charge in [-0.1, -0.05) is 76.6 Å². The first kappa shape index (κ1) is 22.2. The maximum atomic E-state index is 14.1. The number of rotatable bonds is 3. The number of amides is 2. The van der Waals surface area contributed by atoms with Gasteiger partial charge in [0.2, 0.25) is 11.8 Å². The molecule has 1 saturated heterocycles. The molecule has 1 fully saturated rings. The molecule has 1 heterocycles. The lowest BCUT2D eigenvalue weighted by atomic mass is 9.55. The molecule has 6 heteroatoms. The van der Waals surface area contributed by atoms with Crippen molar-refractivity contribution >= 4 is 39.4 Å². The van der Waals surface area contributed by atoms with Gasteiger partial charge in [-0.3, -0.25) is 9.59 Å². The molecule has 4 aromatic carbocycles. The molecule has 2 bridgehead atoms. The number of ether oxygens (including phenoxy) is 1. The van der Waals surface area contributed by atoms with Gasteiger partial charge in [0.1, 0.15) is 0 Å². The Morgan fingerprint density at radius 2 is 1.11 bits per heavy atom. The zero-order valence-corrected chi connectivity index (χ0v) is 21.1. The summed E-state index contributed by atoms with van der Waals surface area (Å²) in [6.07, 6.45) is 0. The molecule has 1 aliphatic heterocycles. The van der Waals surface area contributed by atoms with Crippen molar-refractivity contribution in [2.24, 2.45) is 11.8 Å². The molecule has 0 radical (unpaired) electrons. The van der Waals surface area contributed by atoms with Crippen molar-refractivity contribution in [1.29, 1.82) is 0 Å². The largest absolute Gasteiger partial charge is 0.421 e. The van der Waals surface area contributed by atoms with Crippen molar-refractivity contribution in [3.05, 3.63) is 129 Å². The van der Waals surface area contributed by atoms with Crippen LogP contribution < -0.4 is 9.64 Å². The van der Waals surface area contributed by atoms with Crippen LogP contribution >= 0.6 is 15.9 Å². The highest BCUT2D eigenvalue weighted by molar-refractivity contribution is 9.10. The molecule has 37 heavy (non-hydrogen) atoms. The summed E-state index contributed by atoms with van der Waals surface area (Å²) in [5.74, 6) is -2.27. The molecule has 0 N–H and O–H groups in total. The number of anilines is 1. The molecule has 8 rings (SSSR count). The number of para-hydroxylation sites is 2. The van der Waals surface area contributed by atoms with Crippen LogP contribution in [0.5, 0.6) is 5.75 Å². The van der Waals surface area contributed by atoms with E-state index < -0.39 is 17.8 Å². The van der Waals surface area contributed by atoms with Crippen LogP contribution in [0.3, 0.4) is 0 Å². The van der Waals surface area contributed by atoms with E-state index in [2.05, 4.69) is 40.2 Å². The molecule has 0 unspecified atom stereocenters. The molecule has 180 valence electrons. The highest BCUT2D eigenvalue weighted by Gasteiger charge is 2.62. The monoisotopic (exact) mass is 549 g/mol. The number of hydrogen-bond donors (Lipinski definition) is 0. The molecular weight excluding hydrogens is 530 g/mol. The third-order valence-electron chi connectivity index (χ3n) is 7.84. The maximum Gasteiger partial charge on any atom is 0.343 e. The van der Waals surface area contributed by atoms with Gasteiger partial charge in [0.05, 0.1) is 23.1 Å². The van der Waals surface area contributed by atoms with Gasteiger partial charge in [-0.05, 0) is 58.7 Å². The van der Waals surface area contributed by atoms with Gasteiger partial charge in [0.15, 0.2) is 5.75 Å². The van der Waals surface area contributed by atoms with E-state index in [1.165, 1.54) is 4.90 Å². The molecule has 2 amide bonds. The third-order valence-corrected chi connectivity index (χ3v) is 8.37. The average Bonchev–Trinajstić information content (AvgIpc) is 3.19. The minimum Gasteiger partial charge on any atom is -0.421 e. The second kappa shape index (κ2) is 8.25. The van der Waals surface area contributed by atoms with E-state index in [0.29, 0.717) is 11.3 Å². The van der Waals surface area contributed by atoms with E-state index in [-0.39, 0.29) is 29.4 Å². The summed E-state index contributed by atoms with van der Waals surface area (Å²) in [7, 11) is 0. The predicted molar refractivity (Wildman–Crippen MR) is 142 cm³/mol. The molecule has 0 saturated carbocycles. The van der Waals surface area contributed by atoms with Gasteiger partial charge in [-0.15, -0.1) is 0 Å². The van der Waals surface area contributed by atoms with Crippen LogP contribution in [0.4, 0.5) is 5.69 Å². The van der Waals surface area contributed by atoms with Gasteiger partial charge < -0.3 is 4.74 Å². The molecule has 4 aromatic rings. The van der Waals surface area contributed by atoms with Crippen LogP contribution in [0.1, 0.15) is 44.4 Å². The second-order valence-electron chi connectivity index (χ2n) is 9.64. The Bertz CT molecular complexity index is 1500. The number of carbonyl (C=O) groups excluding carboxylic acids is 3. The topological polar surface area (TPSA) is 63.7 Å². The normalized spacial score (nSPS) is 22.9. The van der Waals surface area contributed by atoms with E-state index in [0.717, 1.165) is 26.7 Å². The number of halogens is 1. The van der Waals surface area contributed by atoms with Crippen molar-refractivity contribution < 1.29 is 19.1 Å². The van der Waals surface area contributed by atoms with Crippen molar-refractivity contribution in [3.8, 4) is 5.75 Å². The van der Waals surface area contributed by atoms with Crippen LogP contribution in [-0.4, -0.2) is 17.8 Å². The molecule has 4 aliphatic rings. The molecule has 2 atom stereocenters. The summed E-state index contributed by atoms with van der Waals surface area (Å²) in [5.41, 5.74) is 5.13. The number of nitrogens with zero attached hydrogens (tertiary/aromatic N) is 1. The van der Waals surface area contributed by atoms with Crippen molar-refractivity contribution in [1.82, 2.24) is 0 Å². The third kappa shape index (κ3) is 3.18. The fourth-order valence-corrected chi connectivity index (χ4v) is 6.65. The van der Waals surface area contributed by atoms with Gasteiger partial charge in [0.25, 0.3) is 0 Å². The lowest BCUT2D eigenvalue weighted by Crippen LogP contribution is -2.41. The van der Waals surface area contributed by atoms with Crippen LogP contribution in [0.15, 0.2) is 102 Å². The van der Waals surface area contributed by atoms with Gasteiger partial charge >= 0.3 is 5.97 Å². The Balaban J connectivity index is 1.30.